The Morgan fingerprint density at radius 2 is 1.95 bits per heavy atom. The molecule has 4 N–H and O–H groups in total. The molecule has 0 radical (unpaired) electrons. The summed E-state index contributed by atoms with van der Waals surface area (Å²) in [4.78, 5) is 51.2. The number of urea groups is 1. The second-order valence-corrected chi connectivity index (χ2v) is 10.4. The monoisotopic (exact) mass is 603 g/mol. The van der Waals surface area contributed by atoms with Gasteiger partial charge in [0, 0.05) is 36.1 Å². The molecule has 5 rings (SSSR count). The van der Waals surface area contributed by atoms with Crippen LogP contribution in [0.1, 0.15) is 61.8 Å². The maximum absolute atomic E-state index is 14.8. The van der Waals surface area contributed by atoms with Gasteiger partial charge in [-0.15, -0.1) is 0 Å². The Bertz CT molecular complexity index is 1540. The van der Waals surface area contributed by atoms with Crippen LogP contribution in [0.5, 0.6) is 0 Å². The first-order valence-corrected chi connectivity index (χ1v) is 13.6. The lowest BCUT2D eigenvalue weighted by Gasteiger charge is -2.37. The molecule has 3 atom stereocenters. The molecule has 0 saturated carbocycles. The van der Waals surface area contributed by atoms with Crippen LogP contribution >= 0.6 is 0 Å². The summed E-state index contributed by atoms with van der Waals surface area (Å²) in [5.41, 5.74) is -0.0751. The zero-order valence-corrected chi connectivity index (χ0v) is 23.2. The molecule has 0 spiro atoms. The number of nitrogens with one attached hydrogen (secondary N) is 4. The van der Waals surface area contributed by atoms with Gasteiger partial charge in [0.1, 0.15) is 5.82 Å². The number of amides is 4. The van der Waals surface area contributed by atoms with Crippen molar-refractivity contribution in [2.75, 3.05) is 24.3 Å². The highest BCUT2D eigenvalue weighted by atomic mass is 19.4. The highest BCUT2D eigenvalue weighted by Crippen LogP contribution is 2.37. The van der Waals surface area contributed by atoms with Gasteiger partial charge >= 0.3 is 18.3 Å². The zero-order chi connectivity index (χ0) is 30.9. The van der Waals surface area contributed by atoms with Crippen LogP contribution in [0.4, 0.5) is 38.5 Å². The van der Waals surface area contributed by atoms with Crippen LogP contribution in [0.2, 0.25) is 0 Å². The number of methoxy groups -OCH3 is 1. The summed E-state index contributed by atoms with van der Waals surface area (Å²) in [5.74, 6) is -1.67. The number of nitrogens with zero attached hydrogens (tertiary/aromatic N) is 3. The number of pyridine rings is 1. The highest BCUT2D eigenvalue weighted by molar-refractivity contribution is 5.98. The number of aromatic nitrogens is 3. The van der Waals surface area contributed by atoms with E-state index in [4.69, 9.17) is 4.98 Å². The van der Waals surface area contributed by atoms with Gasteiger partial charge in [-0.1, -0.05) is 13.3 Å². The molecule has 1 saturated heterocycles. The molecule has 2 aromatic heterocycles. The average molecular weight is 604 g/mol. The van der Waals surface area contributed by atoms with Crippen molar-refractivity contribution in [3.05, 3.63) is 59.6 Å². The quantitative estimate of drug-likeness (QED) is 0.281. The smallest absolute Gasteiger partial charge is 0.419 e. The summed E-state index contributed by atoms with van der Waals surface area (Å²) in [7, 11) is 1.23. The molecule has 228 valence electrons. The molecule has 4 heterocycles. The van der Waals surface area contributed by atoms with E-state index in [-0.39, 0.29) is 24.8 Å². The van der Waals surface area contributed by atoms with Crippen LogP contribution in [0.25, 0.3) is 11.3 Å². The fourth-order valence-electron chi connectivity index (χ4n) is 5.31. The number of alkyl halides is 3. The SMILES string of the molecule is COC(=O)Nc1ccc2c(c1)NC(=O)[C@H](C)CCC[C@H](N1CCC(c3nccc(C(F)(F)F)c3F)NC1=O)c1nc-2c[nH]1. The molecule has 2 bridgehead atoms. The molecule has 3 aromatic rings. The molecule has 11 nitrogen and oxygen atoms in total. The van der Waals surface area contributed by atoms with Gasteiger partial charge in [0.25, 0.3) is 0 Å². The van der Waals surface area contributed by atoms with Crippen molar-refractivity contribution in [2.45, 2.75) is 50.9 Å². The minimum atomic E-state index is -4.90. The number of benzene rings is 1. The molecular formula is C28H29F4N7O4. The van der Waals surface area contributed by atoms with E-state index < -0.39 is 47.5 Å². The van der Waals surface area contributed by atoms with Crippen molar-refractivity contribution < 1.29 is 36.7 Å². The number of aromatic amines is 1. The number of hydrogen-bond donors (Lipinski definition) is 4. The number of ether oxygens (including phenoxy) is 1. The standard InChI is InChI=1S/C28H29F4N7O4/c1-14-4-3-5-21(39-11-9-18(38-26(39)41)23-22(29)17(8-10-33-23)28(30,31)32)24-34-13-20(36-24)16-7-6-15(35-27(42)43-2)12-19(16)37-25(14)40/h6-8,10,12-14,18,21H,3-5,9,11H2,1-2H3,(H,34,36)(H,35,42)(H,37,40)(H,38,41)/t14-,18?,21+/m1/s1. The Hall–Kier alpha value is -4.69. The highest BCUT2D eigenvalue weighted by Gasteiger charge is 2.39. The Morgan fingerprint density at radius 3 is 2.67 bits per heavy atom. The third kappa shape index (κ3) is 6.24. The van der Waals surface area contributed by atoms with Crippen molar-refractivity contribution in [1.82, 2.24) is 25.2 Å². The molecule has 1 aromatic carbocycles. The molecule has 15 heteroatoms. The number of fused-ring (bicyclic) bond motifs is 4. The topological polar surface area (TPSA) is 141 Å². The van der Waals surface area contributed by atoms with Crippen molar-refractivity contribution in [1.29, 1.82) is 0 Å². The Kier molecular flexibility index (Phi) is 8.24. The fraction of sp³-hybridized carbons (Fsp3) is 0.393. The summed E-state index contributed by atoms with van der Waals surface area (Å²) in [5, 5.41) is 8.09. The van der Waals surface area contributed by atoms with Crippen LogP contribution in [0.15, 0.2) is 36.7 Å². The second-order valence-electron chi connectivity index (χ2n) is 10.4. The van der Waals surface area contributed by atoms with E-state index in [0.717, 1.165) is 6.20 Å². The Labute approximate surface area is 243 Å². The first kappa shape index (κ1) is 29.8. The summed E-state index contributed by atoms with van der Waals surface area (Å²) in [6.07, 6.45) is -1.48. The van der Waals surface area contributed by atoms with E-state index in [0.29, 0.717) is 53.8 Å². The normalized spacial score (nSPS) is 21.1. The Balaban J connectivity index is 1.43. The third-order valence-electron chi connectivity index (χ3n) is 7.61. The van der Waals surface area contributed by atoms with Gasteiger partial charge < -0.3 is 25.3 Å². The maximum Gasteiger partial charge on any atom is 0.419 e. The van der Waals surface area contributed by atoms with E-state index in [9.17, 15) is 31.9 Å². The number of H-pyrrole nitrogens is 1. The number of halogens is 4. The van der Waals surface area contributed by atoms with Crippen LogP contribution in [-0.4, -0.2) is 51.5 Å². The molecule has 2 aliphatic heterocycles. The van der Waals surface area contributed by atoms with Crippen molar-refractivity contribution in [3.8, 4) is 11.3 Å². The summed E-state index contributed by atoms with van der Waals surface area (Å²) < 4.78 is 59.1. The van der Waals surface area contributed by atoms with Crippen LogP contribution in [0.3, 0.4) is 0 Å². The molecule has 43 heavy (non-hydrogen) atoms. The minimum Gasteiger partial charge on any atom is -0.453 e. The number of rotatable bonds is 3. The van der Waals surface area contributed by atoms with Crippen molar-refractivity contribution >= 4 is 29.4 Å². The Morgan fingerprint density at radius 1 is 1.16 bits per heavy atom. The van der Waals surface area contributed by atoms with Crippen molar-refractivity contribution in [2.24, 2.45) is 5.92 Å². The first-order chi connectivity index (χ1) is 20.5. The van der Waals surface area contributed by atoms with Gasteiger partial charge in [0.05, 0.1) is 41.8 Å². The molecule has 2 aliphatic rings. The predicted octanol–water partition coefficient (Wildman–Crippen LogP) is 5.76. The van der Waals surface area contributed by atoms with Gasteiger partial charge in [-0.2, -0.15) is 13.2 Å². The summed E-state index contributed by atoms with van der Waals surface area (Å²) >= 11 is 0. The van der Waals surface area contributed by atoms with E-state index in [1.54, 1.807) is 31.3 Å². The number of carbonyl (C=O) groups excluding carboxylic acids is 3. The third-order valence-corrected chi connectivity index (χ3v) is 7.61. The fourth-order valence-corrected chi connectivity index (χ4v) is 5.31. The lowest BCUT2D eigenvalue weighted by atomic mass is 9.97. The molecular weight excluding hydrogens is 574 g/mol. The lowest BCUT2D eigenvalue weighted by Crippen LogP contribution is -2.50. The number of carbonyl (C=O) groups is 3. The van der Waals surface area contributed by atoms with Crippen LogP contribution < -0.4 is 16.0 Å². The van der Waals surface area contributed by atoms with Gasteiger partial charge in [-0.05, 0) is 43.5 Å². The second kappa shape index (κ2) is 11.9. The molecule has 0 aliphatic carbocycles. The van der Waals surface area contributed by atoms with Gasteiger partial charge in [0.2, 0.25) is 5.91 Å². The summed E-state index contributed by atoms with van der Waals surface area (Å²) in [6, 6.07) is 3.25. The molecule has 1 unspecified atom stereocenters. The predicted molar refractivity (Wildman–Crippen MR) is 146 cm³/mol. The number of imidazole rings is 1. The average Bonchev–Trinajstić information content (AvgIpc) is 3.44. The minimum absolute atomic E-state index is 0.101. The van der Waals surface area contributed by atoms with E-state index in [1.807, 2.05) is 0 Å². The summed E-state index contributed by atoms with van der Waals surface area (Å²) in [6.45, 7) is 1.88. The van der Waals surface area contributed by atoms with Crippen molar-refractivity contribution in [3.63, 3.8) is 0 Å². The van der Waals surface area contributed by atoms with Gasteiger partial charge in [-0.25, -0.2) is 19.0 Å². The lowest BCUT2D eigenvalue weighted by molar-refractivity contribution is -0.140. The molecule has 1 fully saturated rings. The van der Waals surface area contributed by atoms with E-state index >= 15 is 0 Å². The van der Waals surface area contributed by atoms with Gasteiger partial charge in [-0.3, -0.25) is 15.1 Å². The van der Waals surface area contributed by atoms with Gasteiger partial charge in [0.15, 0.2) is 5.82 Å². The zero-order valence-electron chi connectivity index (χ0n) is 23.2. The first-order valence-electron chi connectivity index (χ1n) is 13.6. The van der Waals surface area contributed by atoms with Crippen LogP contribution in [0, 0.1) is 11.7 Å². The number of anilines is 2. The molecule has 4 amide bonds. The maximum atomic E-state index is 14.8. The number of hydrogen-bond acceptors (Lipinski definition) is 6. The van der Waals surface area contributed by atoms with E-state index in [1.165, 1.54) is 12.0 Å². The van der Waals surface area contributed by atoms with Crippen LogP contribution in [-0.2, 0) is 15.7 Å². The largest absolute Gasteiger partial charge is 0.453 e. The van der Waals surface area contributed by atoms with E-state index in [2.05, 4.69) is 30.7 Å².